The molecular formula is C25H22FN3O3. The van der Waals surface area contributed by atoms with E-state index in [1.807, 2.05) is 24.3 Å². The Bertz CT molecular complexity index is 1280. The van der Waals surface area contributed by atoms with Crippen molar-refractivity contribution in [3.05, 3.63) is 83.9 Å². The topological polar surface area (TPSA) is 84.3 Å². The van der Waals surface area contributed by atoms with Crippen molar-refractivity contribution in [2.75, 3.05) is 18.5 Å². The van der Waals surface area contributed by atoms with Crippen LogP contribution >= 0.6 is 0 Å². The highest BCUT2D eigenvalue weighted by Gasteiger charge is 2.14. The van der Waals surface area contributed by atoms with E-state index in [9.17, 15) is 14.3 Å². The van der Waals surface area contributed by atoms with Crippen LogP contribution in [0.15, 0.2) is 67.0 Å². The summed E-state index contributed by atoms with van der Waals surface area (Å²) in [6.07, 6.45) is 1.93. The van der Waals surface area contributed by atoms with E-state index in [1.165, 1.54) is 18.5 Å². The van der Waals surface area contributed by atoms with Crippen molar-refractivity contribution in [3.8, 4) is 17.0 Å². The maximum atomic E-state index is 14.4. The summed E-state index contributed by atoms with van der Waals surface area (Å²) in [5.74, 6) is -0.394. The molecule has 4 rings (SSSR count). The lowest BCUT2D eigenvalue weighted by atomic mass is 10.0. The highest BCUT2D eigenvalue weighted by Crippen LogP contribution is 2.27. The number of carboxylic acids is 1. The number of aromatic carboxylic acids is 1. The number of carboxylic acid groups (broad SMARTS) is 1. The van der Waals surface area contributed by atoms with Gasteiger partial charge >= 0.3 is 5.97 Å². The number of benzene rings is 3. The second-order valence-corrected chi connectivity index (χ2v) is 7.16. The lowest BCUT2D eigenvalue weighted by molar-refractivity contribution is 0.0692. The van der Waals surface area contributed by atoms with Gasteiger partial charge in [0.1, 0.15) is 29.3 Å². The van der Waals surface area contributed by atoms with Crippen LogP contribution in [0.1, 0.15) is 22.8 Å². The van der Waals surface area contributed by atoms with Gasteiger partial charge in [-0.25, -0.2) is 19.2 Å². The molecule has 162 valence electrons. The van der Waals surface area contributed by atoms with Gasteiger partial charge in [-0.3, -0.25) is 0 Å². The van der Waals surface area contributed by atoms with Crippen LogP contribution in [0.5, 0.6) is 5.75 Å². The molecule has 3 aromatic carbocycles. The maximum absolute atomic E-state index is 14.4. The van der Waals surface area contributed by atoms with E-state index in [0.717, 1.165) is 10.8 Å². The lowest BCUT2D eigenvalue weighted by Gasteiger charge is -2.11. The lowest BCUT2D eigenvalue weighted by Crippen LogP contribution is -2.08. The number of anilines is 1. The molecule has 0 bridgehead atoms. The Morgan fingerprint density at radius 3 is 2.75 bits per heavy atom. The Kier molecular flexibility index (Phi) is 6.26. The number of carbonyl (C=O) groups is 1. The fraction of sp³-hybridized carbons (Fsp3) is 0.160. The third kappa shape index (κ3) is 4.51. The summed E-state index contributed by atoms with van der Waals surface area (Å²) in [4.78, 5) is 19.9. The summed E-state index contributed by atoms with van der Waals surface area (Å²) in [6, 6.07) is 17.6. The van der Waals surface area contributed by atoms with E-state index >= 15 is 0 Å². The number of hydrogen-bond donors (Lipinski definition) is 2. The molecule has 1 aromatic heterocycles. The minimum absolute atomic E-state index is 0.0973. The summed E-state index contributed by atoms with van der Waals surface area (Å²) >= 11 is 0. The van der Waals surface area contributed by atoms with Crippen LogP contribution in [0.2, 0.25) is 0 Å². The highest BCUT2D eigenvalue weighted by atomic mass is 19.1. The number of hydrogen-bond acceptors (Lipinski definition) is 5. The summed E-state index contributed by atoms with van der Waals surface area (Å²) in [5.41, 5.74) is 2.09. The first kappa shape index (κ1) is 21.2. The minimum Gasteiger partial charge on any atom is -0.493 e. The Labute approximate surface area is 184 Å². The Morgan fingerprint density at radius 2 is 1.94 bits per heavy atom. The van der Waals surface area contributed by atoms with Gasteiger partial charge in [0, 0.05) is 18.2 Å². The van der Waals surface area contributed by atoms with E-state index in [4.69, 9.17) is 4.74 Å². The average Bonchev–Trinajstić information content (AvgIpc) is 2.81. The molecule has 32 heavy (non-hydrogen) atoms. The van der Waals surface area contributed by atoms with Crippen molar-refractivity contribution < 1.29 is 19.0 Å². The number of fused-ring (bicyclic) bond motifs is 1. The number of rotatable bonds is 8. The van der Waals surface area contributed by atoms with Crippen LogP contribution in [-0.4, -0.2) is 34.2 Å². The zero-order valence-corrected chi connectivity index (χ0v) is 17.5. The third-order valence-corrected chi connectivity index (χ3v) is 5.14. The third-order valence-electron chi connectivity index (χ3n) is 5.14. The first-order valence-electron chi connectivity index (χ1n) is 10.3. The Morgan fingerprint density at radius 1 is 1.09 bits per heavy atom. The van der Waals surface area contributed by atoms with Crippen molar-refractivity contribution >= 4 is 22.6 Å². The molecule has 0 aliphatic rings. The molecule has 0 spiro atoms. The van der Waals surface area contributed by atoms with Crippen LogP contribution in [0.4, 0.5) is 10.2 Å². The van der Waals surface area contributed by atoms with Gasteiger partial charge in [-0.05, 0) is 47.9 Å². The molecule has 7 heteroatoms. The monoisotopic (exact) mass is 431 g/mol. The highest BCUT2D eigenvalue weighted by molar-refractivity contribution is 5.92. The second-order valence-electron chi connectivity index (χ2n) is 7.16. The van der Waals surface area contributed by atoms with Gasteiger partial charge in [-0.2, -0.15) is 0 Å². The smallest absolute Gasteiger partial charge is 0.339 e. The van der Waals surface area contributed by atoms with E-state index < -0.39 is 5.97 Å². The minimum atomic E-state index is -1.05. The van der Waals surface area contributed by atoms with E-state index in [0.29, 0.717) is 42.2 Å². The average molecular weight is 431 g/mol. The zero-order valence-electron chi connectivity index (χ0n) is 17.5. The summed E-state index contributed by atoms with van der Waals surface area (Å²) < 4.78 is 19.9. The van der Waals surface area contributed by atoms with Gasteiger partial charge in [-0.15, -0.1) is 0 Å². The number of nitrogens with zero attached hydrogens (tertiary/aromatic N) is 2. The molecule has 2 N–H and O–H groups in total. The van der Waals surface area contributed by atoms with Crippen LogP contribution in [0.3, 0.4) is 0 Å². The molecule has 6 nitrogen and oxygen atoms in total. The number of ether oxygens (including phenoxy) is 1. The zero-order chi connectivity index (χ0) is 22.5. The molecule has 0 saturated carbocycles. The van der Waals surface area contributed by atoms with Gasteiger partial charge < -0.3 is 15.2 Å². The Hall–Kier alpha value is -4.00. The normalized spacial score (nSPS) is 10.8. The predicted molar refractivity (Wildman–Crippen MR) is 122 cm³/mol. The van der Waals surface area contributed by atoms with Crippen molar-refractivity contribution in [2.45, 2.75) is 13.3 Å². The van der Waals surface area contributed by atoms with Gasteiger partial charge in [0.2, 0.25) is 0 Å². The van der Waals surface area contributed by atoms with Crippen molar-refractivity contribution in [3.63, 3.8) is 0 Å². The molecular weight excluding hydrogens is 409 g/mol. The fourth-order valence-electron chi connectivity index (χ4n) is 3.62. The first-order valence-corrected chi connectivity index (χ1v) is 10.3. The number of nitrogens with one attached hydrogen (secondary N) is 1. The van der Waals surface area contributed by atoms with Crippen molar-refractivity contribution in [1.29, 1.82) is 0 Å². The van der Waals surface area contributed by atoms with Gasteiger partial charge in [0.15, 0.2) is 0 Å². The SMILES string of the molecule is CCOc1cc(-c2cc(NCCc3c(F)ccc4ccccc34)ncn2)ccc1C(=O)O. The first-order chi connectivity index (χ1) is 15.6. The van der Waals surface area contributed by atoms with Crippen molar-refractivity contribution in [1.82, 2.24) is 9.97 Å². The molecule has 0 aliphatic heterocycles. The summed E-state index contributed by atoms with van der Waals surface area (Å²) in [7, 11) is 0. The quantitative estimate of drug-likeness (QED) is 0.400. The molecule has 0 fully saturated rings. The van der Waals surface area contributed by atoms with E-state index in [2.05, 4.69) is 15.3 Å². The second kappa shape index (κ2) is 9.43. The molecule has 4 aromatic rings. The van der Waals surface area contributed by atoms with E-state index in [-0.39, 0.29) is 17.1 Å². The Balaban J connectivity index is 1.52. The van der Waals surface area contributed by atoms with Gasteiger partial charge in [0.05, 0.1) is 12.3 Å². The van der Waals surface area contributed by atoms with Crippen LogP contribution < -0.4 is 10.1 Å². The standard InChI is InChI=1S/C25H22FN3O3/c1-2-32-23-13-17(7-9-20(23)25(30)31)22-14-24(29-15-28-22)27-12-11-19-18-6-4-3-5-16(18)8-10-21(19)26/h3-10,13-15H,2,11-12H2,1H3,(H,30,31)(H,27,28,29). The molecule has 1 heterocycles. The van der Waals surface area contributed by atoms with Crippen LogP contribution in [0, 0.1) is 5.82 Å². The van der Waals surface area contributed by atoms with Crippen molar-refractivity contribution in [2.24, 2.45) is 0 Å². The van der Waals surface area contributed by atoms with Crippen LogP contribution in [-0.2, 0) is 6.42 Å². The predicted octanol–water partition coefficient (Wildman–Crippen LogP) is 5.19. The number of aromatic nitrogens is 2. The number of halogens is 1. The summed E-state index contributed by atoms with van der Waals surface area (Å²) in [5, 5.41) is 14.5. The van der Waals surface area contributed by atoms with Gasteiger partial charge in [0.25, 0.3) is 0 Å². The molecule has 0 unspecified atom stereocenters. The molecule has 0 radical (unpaired) electrons. The fourth-order valence-corrected chi connectivity index (χ4v) is 3.62. The molecule has 0 saturated heterocycles. The molecule has 0 aliphatic carbocycles. The molecule has 0 amide bonds. The largest absolute Gasteiger partial charge is 0.493 e. The molecule has 0 atom stereocenters. The van der Waals surface area contributed by atoms with Gasteiger partial charge in [-0.1, -0.05) is 36.4 Å². The van der Waals surface area contributed by atoms with E-state index in [1.54, 1.807) is 31.2 Å². The maximum Gasteiger partial charge on any atom is 0.339 e. The van der Waals surface area contributed by atoms with Crippen LogP contribution in [0.25, 0.3) is 22.0 Å². The summed E-state index contributed by atoms with van der Waals surface area (Å²) in [6.45, 7) is 2.64.